The zero-order chi connectivity index (χ0) is 13.9. The van der Waals surface area contributed by atoms with E-state index in [1.54, 1.807) is 36.3 Å². The molecule has 3 N–H and O–H groups in total. The number of aromatic nitrogens is 1. The van der Waals surface area contributed by atoms with Crippen molar-refractivity contribution < 1.29 is 5.11 Å². The second kappa shape index (κ2) is 9.63. The van der Waals surface area contributed by atoms with Crippen LogP contribution in [0.25, 0.3) is 0 Å². The Kier molecular flexibility index (Phi) is 8.00. The van der Waals surface area contributed by atoms with Crippen LogP contribution in [0.2, 0.25) is 0 Å². The van der Waals surface area contributed by atoms with Crippen LogP contribution in [0.5, 0.6) is 0 Å². The van der Waals surface area contributed by atoms with Gasteiger partial charge in [-0.3, -0.25) is 9.98 Å². The Hall–Kier alpha value is -1.27. The number of nitrogens with zero attached hydrogens (tertiary/aromatic N) is 2. The average molecular weight is 282 g/mol. The Morgan fingerprint density at radius 1 is 1.42 bits per heavy atom. The van der Waals surface area contributed by atoms with Crippen molar-refractivity contribution >= 4 is 17.7 Å². The predicted molar refractivity (Wildman–Crippen MR) is 81.6 cm³/mol. The number of thioether (sulfide) groups is 1. The van der Waals surface area contributed by atoms with E-state index in [4.69, 9.17) is 0 Å². The number of hydrogen-bond donors (Lipinski definition) is 3. The van der Waals surface area contributed by atoms with E-state index in [0.29, 0.717) is 6.54 Å². The largest absolute Gasteiger partial charge is 0.386 e. The van der Waals surface area contributed by atoms with Gasteiger partial charge in [-0.2, -0.15) is 11.8 Å². The molecule has 1 heterocycles. The molecule has 0 aliphatic heterocycles. The first-order valence-electron chi connectivity index (χ1n) is 6.37. The van der Waals surface area contributed by atoms with Gasteiger partial charge in [0, 0.05) is 31.2 Å². The maximum absolute atomic E-state index is 10.0. The summed E-state index contributed by atoms with van der Waals surface area (Å²) in [5.41, 5.74) is 0.832. The maximum atomic E-state index is 10.0. The summed E-state index contributed by atoms with van der Waals surface area (Å²) < 4.78 is 0. The molecular weight excluding hydrogens is 260 g/mol. The summed E-state index contributed by atoms with van der Waals surface area (Å²) in [5, 5.41) is 16.4. The number of nitrogens with one attached hydrogen (secondary N) is 2. The molecule has 1 aromatic heterocycles. The molecule has 1 rings (SSSR count). The van der Waals surface area contributed by atoms with Crippen LogP contribution in [0.3, 0.4) is 0 Å². The van der Waals surface area contributed by atoms with Crippen molar-refractivity contribution in [3.8, 4) is 0 Å². The minimum atomic E-state index is -0.598. The highest BCUT2D eigenvalue weighted by Crippen LogP contribution is 2.10. The van der Waals surface area contributed by atoms with Crippen LogP contribution in [0.4, 0.5) is 0 Å². The fraction of sp³-hybridized carbons (Fsp3) is 0.538. The monoisotopic (exact) mass is 282 g/mol. The van der Waals surface area contributed by atoms with E-state index in [1.165, 1.54) is 0 Å². The first kappa shape index (κ1) is 15.8. The van der Waals surface area contributed by atoms with Gasteiger partial charge in [-0.1, -0.05) is 0 Å². The second-order valence-corrected chi connectivity index (χ2v) is 4.92. The molecule has 0 saturated heterocycles. The molecule has 0 aliphatic rings. The molecular formula is C13H22N4OS. The maximum Gasteiger partial charge on any atom is 0.191 e. The van der Waals surface area contributed by atoms with Crippen LogP contribution in [-0.2, 0) is 0 Å². The Bertz CT molecular complexity index is 372. The van der Waals surface area contributed by atoms with Crippen LogP contribution >= 0.6 is 11.8 Å². The molecule has 5 nitrogen and oxygen atoms in total. The van der Waals surface area contributed by atoms with Gasteiger partial charge >= 0.3 is 0 Å². The van der Waals surface area contributed by atoms with Gasteiger partial charge in [0.2, 0.25) is 0 Å². The van der Waals surface area contributed by atoms with E-state index in [-0.39, 0.29) is 0 Å². The van der Waals surface area contributed by atoms with Gasteiger partial charge in [0.1, 0.15) is 0 Å². The van der Waals surface area contributed by atoms with Crippen LogP contribution in [0.15, 0.2) is 29.5 Å². The van der Waals surface area contributed by atoms with Crippen LogP contribution in [0.1, 0.15) is 18.6 Å². The van der Waals surface area contributed by atoms with Crippen molar-refractivity contribution in [2.75, 3.05) is 31.6 Å². The molecule has 1 atom stereocenters. The highest BCUT2D eigenvalue weighted by molar-refractivity contribution is 7.98. The lowest BCUT2D eigenvalue weighted by molar-refractivity contribution is 0.187. The first-order chi connectivity index (χ1) is 9.27. The van der Waals surface area contributed by atoms with Crippen molar-refractivity contribution in [3.63, 3.8) is 0 Å². The number of aliphatic hydroxyl groups excluding tert-OH is 1. The third-order valence-corrected chi connectivity index (χ3v) is 3.07. The molecule has 1 aromatic rings. The van der Waals surface area contributed by atoms with E-state index < -0.39 is 6.10 Å². The molecule has 0 spiro atoms. The lowest BCUT2D eigenvalue weighted by atomic mass is 10.1. The lowest BCUT2D eigenvalue weighted by Gasteiger charge is -2.12. The molecule has 19 heavy (non-hydrogen) atoms. The molecule has 0 aliphatic carbocycles. The number of aliphatic imine (C=N–C) groups is 1. The summed E-state index contributed by atoms with van der Waals surface area (Å²) in [4.78, 5) is 8.30. The molecule has 0 bridgehead atoms. The van der Waals surface area contributed by atoms with Crippen molar-refractivity contribution in [1.82, 2.24) is 15.6 Å². The SMILES string of the molecule is CCNC(=NCC(O)c1ccncc1)NCCSC. The predicted octanol–water partition coefficient (Wildman–Crippen LogP) is 1.03. The Morgan fingerprint density at radius 2 is 2.16 bits per heavy atom. The molecule has 0 aromatic carbocycles. The second-order valence-electron chi connectivity index (χ2n) is 3.94. The van der Waals surface area contributed by atoms with Crippen molar-refractivity contribution in [1.29, 1.82) is 0 Å². The zero-order valence-corrected chi connectivity index (χ0v) is 12.3. The third kappa shape index (κ3) is 6.45. The summed E-state index contributed by atoms with van der Waals surface area (Å²) >= 11 is 1.78. The van der Waals surface area contributed by atoms with E-state index in [1.807, 2.05) is 6.92 Å². The normalized spacial score (nSPS) is 13.1. The molecule has 0 fully saturated rings. The van der Waals surface area contributed by atoms with E-state index in [0.717, 1.165) is 30.4 Å². The van der Waals surface area contributed by atoms with E-state index >= 15 is 0 Å². The van der Waals surface area contributed by atoms with E-state index in [9.17, 15) is 5.11 Å². The molecule has 0 amide bonds. The topological polar surface area (TPSA) is 69.5 Å². The summed E-state index contributed by atoms with van der Waals surface area (Å²) in [6.07, 6.45) is 4.81. The first-order valence-corrected chi connectivity index (χ1v) is 7.76. The fourth-order valence-corrected chi connectivity index (χ4v) is 1.79. The quantitative estimate of drug-likeness (QED) is 0.396. The van der Waals surface area contributed by atoms with Crippen LogP contribution in [-0.4, -0.2) is 47.7 Å². The summed E-state index contributed by atoms with van der Waals surface area (Å²) in [6, 6.07) is 3.60. The molecule has 1 unspecified atom stereocenters. The Labute approximate surface area is 118 Å². The molecule has 106 valence electrons. The number of pyridine rings is 1. The summed E-state index contributed by atoms with van der Waals surface area (Å²) in [7, 11) is 0. The lowest BCUT2D eigenvalue weighted by Crippen LogP contribution is -2.38. The van der Waals surface area contributed by atoms with Gasteiger partial charge in [-0.05, 0) is 30.9 Å². The van der Waals surface area contributed by atoms with Gasteiger partial charge in [-0.25, -0.2) is 0 Å². The van der Waals surface area contributed by atoms with Crippen LogP contribution < -0.4 is 10.6 Å². The Balaban J connectivity index is 2.49. The highest BCUT2D eigenvalue weighted by atomic mass is 32.2. The van der Waals surface area contributed by atoms with Crippen molar-refractivity contribution in [2.45, 2.75) is 13.0 Å². The average Bonchev–Trinajstić information content (AvgIpc) is 2.45. The van der Waals surface area contributed by atoms with Gasteiger partial charge in [0.25, 0.3) is 0 Å². The standard InChI is InChI=1S/C13H22N4OS/c1-3-15-13(16-8-9-19-2)17-10-12(18)11-4-6-14-7-5-11/h4-7,12,18H,3,8-10H2,1-2H3,(H2,15,16,17). The molecule has 0 radical (unpaired) electrons. The van der Waals surface area contributed by atoms with Crippen LogP contribution in [0, 0.1) is 0 Å². The van der Waals surface area contributed by atoms with Crippen molar-refractivity contribution in [2.24, 2.45) is 4.99 Å². The number of rotatable bonds is 7. The summed E-state index contributed by atoms with van der Waals surface area (Å²) in [5.74, 6) is 1.77. The minimum absolute atomic E-state index is 0.332. The molecule has 0 saturated carbocycles. The number of aliphatic hydroxyl groups is 1. The van der Waals surface area contributed by atoms with Gasteiger partial charge in [-0.15, -0.1) is 0 Å². The van der Waals surface area contributed by atoms with Gasteiger partial charge in [0.05, 0.1) is 12.6 Å². The van der Waals surface area contributed by atoms with Crippen molar-refractivity contribution in [3.05, 3.63) is 30.1 Å². The third-order valence-electron chi connectivity index (χ3n) is 2.46. The number of guanidine groups is 1. The van der Waals surface area contributed by atoms with Gasteiger partial charge < -0.3 is 15.7 Å². The smallest absolute Gasteiger partial charge is 0.191 e. The fourth-order valence-electron chi connectivity index (χ4n) is 1.48. The van der Waals surface area contributed by atoms with E-state index in [2.05, 4.69) is 26.9 Å². The molecule has 6 heteroatoms. The zero-order valence-electron chi connectivity index (χ0n) is 11.5. The Morgan fingerprint density at radius 3 is 2.79 bits per heavy atom. The number of hydrogen-bond acceptors (Lipinski definition) is 4. The van der Waals surface area contributed by atoms with Gasteiger partial charge in [0.15, 0.2) is 5.96 Å². The minimum Gasteiger partial charge on any atom is -0.386 e. The summed E-state index contributed by atoms with van der Waals surface area (Å²) in [6.45, 7) is 4.01. The highest BCUT2D eigenvalue weighted by Gasteiger charge is 2.06.